The smallest absolute Gasteiger partial charge is 0.390 e. The lowest BCUT2D eigenvalue weighted by molar-refractivity contribution is -0.811. The molecule has 1 heterocycles. The zero-order chi connectivity index (χ0) is 9.90. The number of quaternary nitrogens is 1. The summed E-state index contributed by atoms with van der Waals surface area (Å²) in [6.45, 7) is -0.0102. The maximum absolute atomic E-state index is 10.5. The van der Waals surface area contributed by atoms with E-state index >= 15 is 0 Å². The fourth-order valence-electron chi connectivity index (χ4n) is 1.13. The van der Waals surface area contributed by atoms with Gasteiger partial charge in [-0.2, -0.15) is 4.48 Å². The maximum atomic E-state index is 10.5. The number of hydrogen-bond acceptors (Lipinski definition) is 4. The quantitative estimate of drug-likeness (QED) is 0.234. The van der Waals surface area contributed by atoms with Crippen molar-refractivity contribution in [2.75, 3.05) is 19.2 Å². The van der Waals surface area contributed by atoms with Crippen molar-refractivity contribution < 1.29 is 14.5 Å². The van der Waals surface area contributed by atoms with E-state index in [1.165, 1.54) is 12.4 Å². The predicted molar refractivity (Wildman–Crippen MR) is 46.5 cm³/mol. The Kier molecular flexibility index (Phi) is 2.97. The fourth-order valence-corrected chi connectivity index (χ4v) is 1.43. The number of hydrogen-bond donors (Lipinski definition) is 1. The Morgan fingerprint density at radius 2 is 2.46 bits per heavy atom. The average Bonchev–Trinajstić information content (AvgIpc) is 2.50. The van der Waals surface area contributed by atoms with Crippen molar-refractivity contribution in [3.63, 3.8) is 0 Å². The predicted octanol–water partition coefficient (Wildman–Crippen LogP) is 0.109. The van der Waals surface area contributed by atoms with Crippen LogP contribution >= 0.6 is 11.6 Å². The summed E-state index contributed by atoms with van der Waals surface area (Å²) in [6, 6.07) is -0.00310. The molecule has 0 radical (unpaired) electrons. The molecule has 0 spiro atoms. The molecule has 1 rings (SSSR count). The van der Waals surface area contributed by atoms with Crippen LogP contribution in [0.4, 0.5) is 0 Å². The molecule has 1 aliphatic heterocycles. The molecule has 0 fully saturated rings. The summed E-state index contributed by atoms with van der Waals surface area (Å²) in [4.78, 5) is 13.5. The van der Waals surface area contributed by atoms with E-state index in [-0.39, 0.29) is 29.6 Å². The van der Waals surface area contributed by atoms with Crippen molar-refractivity contribution in [1.29, 1.82) is 0 Å². The van der Waals surface area contributed by atoms with E-state index in [0.29, 0.717) is 0 Å². The van der Waals surface area contributed by atoms with Crippen molar-refractivity contribution in [3.05, 3.63) is 22.5 Å². The van der Waals surface area contributed by atoms with Gasteiger partial charge in [0.2, 0.25) is 0 Å². The van der Waals surface area contributed by atoms with E-state index in [4.69, 9.17) is 16.7 Å². The number of aliphatic hydroxyl groups is 1. The number of alkyl halides is 1. The molecule has 1 atom stereocenters. The Morgan fingerprint density at radius 1 is 1.77 bits per heavy atom. The Morgan fingerprint density at radius 3 is 2.92 bits per heavy atom. The molecule has 13 heavy (non-hydrogen) atoms. The lowest BCUT2D eigenvalue weighted by Crippen LogP contribution is -2.50. The van der Waals surface area contributed by atoms with E-state index in [1.54, 1.807) is 0 Å². The minimum absolute atomic E-state index is 0.00310. The summed E-state index contributed by atoms with van der Waals surface area (Å²) in [5, 5.41) is 19.3. The van der Waals surface area contributed by atoms with Crippen LogP contribution in [0, 0.1) is 10.1 Å². The third-order valence-electron chi connectivity index (χ3n) is 1.82. The maximum Gasteiger partial charge on any atom is 0.544 e. The van der Waals surface area contributed by atoms with Crippen LogP contribution in [0.15, 0.2) is 17.4 Å². The van der Waals surface area contributed by atoms with Crippen molar-refractivity contribution in [2.45, 2.75) is 0 Å². The van der Waals surface area contributed by atoms with Crippen LogP contribution in [-0.4, -0.2) is 39.6 Å². The first-order valence-corrected chi connectivity index (χ1v) is 4.14. The lowest BCUT2D eigenvalue weighted by atomic mass is 10.5. The molecule has 0 aromatic carbocycles. The van der Waals surface area contributed by atoms with Gasteiger partial charge in [0.15, 0.2) is 18.4 Å². The van der Waals surface area contributed by atoms with Gasteiger partial charge in [0, 0.05) is 9.92 Å². The van der Waals surface area contributed by atoms with Crippen LogP contribution < -0.4 is 0 Å². The third-order valence-corrected chi connectivity index (χ3v) is 2.24. The molecule has 0 saturated carbocycles. The molecule has 7 heteroatoms. The Balaban J connectivity index is 2.92. The first kappa shape index (κ1) is 10.1. The molecule has 0 amide bonds. The summed E-state index contributed by atoms with van der Waals surface area (Å²) >= 11 is 5.61. The Hall–Kier alpha value is -0.980. The summed E-state index contributed by atoms with van der Waals surface area (Å²) in [5.74, 6) is -0.246. The van der Waals surface area contributed by atoms with E-state index < -0.39 is 4.92 Å². The molecule has 6 nitrogen and oxygen atoms in total. The highest BCUT2D eigenvalue weighted by Gasteiger charge is 2.44. The van der Waals surface area contributed by atoms with Gasteiger partial charge in [-0.3, -0.25) is 0 Å². The van der Waals surface area contributed by atoms with Gasteiger partial charge < -0.3 is 15.2 Å². The number of halogens is 1. The van der Waals surface area contributed by atoms with E-state index in [0.717, 1.165) is 0 Å². The topological polar surface area (TPSA) is 75.7 Å². The molecular weight excluding hydrogens is 198 g/mol. The number of nitrogens with zero attached hydrogens (tertiary/aromatic N) is 3. The molecule has 0 unspecified atom stereocenters. The average molecular weight is 207 g/mol. The van der Waals surface area contributed by atoms with Crippen LogP contribution in [0.25, 0.3) is 0 Å². The Labute approximate surface area is 79.5 Å². The first-order chi connectivity index (χ1) is 6.16. The zero-order valence-electron chi connectivity index (χ0n) is 6.76. The Bertz CT molecular complexity index is 278. The van der Waals surface area contributed by atoms with Crippen LogP contribution in [0.3, 0.4) is 0 Å². The number of aliphatic imine (C=N–C) groups is 1. The van der Waals surface area contributed by atoms with Gasteiger partial charge in [0.05, 0.1) is 6.61 Å². The fraction of sp³-hybridized carbons (Fsp3) is 0.500. The molecule has 0 aromatic rings. The van der Waals surface area contributed by atoms with Gasteiger partial charge in [0.1, 0.15) is 6.54 Å². The van der Waals surface area contributed by atoms with Crippen LogP contribution in [0.2, 0.25) is 0 Å². The molecule has 0 aromatic heterocycles. The highest BCUT2D eigenvalue weighted by Crippen LogP contribution is 2.17. The number of aliphatic hydroxyl groups excluding tert-OH is 1. The van der Waals surface area contributed by atoms with E-state index in [2.05, 4.69) is 4.99 Å². The van der Waals surface area contributed by atoms with Gasteiger partial charge in [-0.1, -0.05) is 11.6 Å². The summed E-state index contributed by atoms with van der Waals surface area (Å²) in [5.41, 5.74) is 0. The molecule has 0 bridgehead atoms. The monoisotopic (exact) mass is 206 g/mol. The van der Waals surface area contributed by atoms with Crippen LogP contribution in [0.5, 0.6) is 0 Å². The number of guanidine groups is 1. The highest BCUT2D eigenvalue weighted by atomic mass is 35.5. The molecule has 1 aliphatic rings. The van der Waals surface area contributed by atoms with Gasteiger partial charge >= 0.3 is 5.96 Å². The molecule has 1 N–H and O–H groups in total. The standard InChI is InChI=1S/C6H9ClN3O3/c7-5-10(3-4-11)2-1-8-6(10)9(12)13/h1-2,11H,3-5H2/q+1/t10-/m1/s1. The molecular formula is C6H9ClN3O3+. The normalized spacial score (nSPS) is 26.2. The second kappa shape index (κ2) is 3.82. The van der Waals surface area contributed by atoms with Gasteiger partial charge in [-0.15, -0.1) is 0 Å². The summed E-state index contributed by atoms with van der Waals surface area (Å²) < 4.78 is -0.203. The zero-order valence-corrected chi connectivity index (χ0v) is 7.52. The second-order valence-corrected chi connectivity index (χ2v) is 2.82. The minimum atomic E-state index is -0.585. The minimum Gasteiger partial charge on any atom is -0.390 e. The largest absolute Gasteiger partial charge is 0.544 e. The molecule has 72 valence electrons. The van der Waals surface area contributed by atoms with Crippen molar-refractivity contribution in [3.8, 4) is 0 Å². The van der Waals surface area contributed by atoms with Gasteiger partial charge in [-0.05, 0) is 0 Å². The van der Waals surface area contributed by atoms with Crippen molar-refractivity contribution in [2.24, 2.45) is 4.99 Å². The summed E-state index contributed by atoms with van der Waals surface area (Å²) in [6.07, 6.45) is 2.83. The first-order valence-electron chi connectivity index (χ1n) is 3.60. The molecule has 0 saturated heterocycles. The number of rotatable bonds is 3. The molecule has 0 aliphatic carbocycles. The van der Waals surface area contributed by atoms with Gasteiger partial charge in [0.25, 0.3) is 0 Å². The van der Waals surface area contributed by atoms with Crippen LogP contribution in [0.1, 0.15) is 0 Å². The van der Waals surface area contributed by atoms with E-state index in [9.17, 15) is 10.1 Å². The van der Waals surface area contributed by atoms with Crippen LogP contribution in [-0.2, 0) is 0 Å². The van der Waals surface area contributed by atoms with Gasteiger partial charge in [-0.25, -0.2) is 0 Å². The van der Waals surface area contributed by atoms with Crippen molar-refractivity contribution in [1.82, 2.24) is 0 Å². The highest BCUT2D eigenvalue weighted by molar-refractivity contribution is 6.17. The number of nitro groups is 1. The van der Waals surface area contributed by atoms with E-state index in [1.807, 2.05) is 0 Å². The lowest BCUT2D eigenvalue weighted by Gasteiger charge is -2.22. The van der Waals surface area contributed by atoms with Crippen molar-refractivity contribution >= 4 is 17.6 Å². The second-order valence-electron chi connectivity index (χ2n) is 2.59. The third kappa shape index (κ3) is 1.69. The summed E-state index contributed by atoms with van der Waals surface area (Å²) in [7, 11) is 0. The SMILES string of the molecule is O=[N+]([O-])C1=NC=C[N@+]1(CCl)CCO.